The van der Waals surface area contributed by atoms with Gasteiger partial charge in [0.15, 0.2) is 0 Å². The molecule has 2 aromatic rings. The van der Waals surface area contributed by atoms with Crippen molar-refractivity contribution >= 4 is 16.7 Å². The van der Waals surface area contributed by atoms with E-state index in [0.29, 0.717) is 0 Å². The average Bonchev–Trinajstić information content (AvgIpc) is 2.54. The van der Waals surface area contributed by atoms with Gasteiger partial charge < -0.3 is 10.2 Å². The Morgan fingerprint density at radius 1 is 1.24 bits per heavy atom. The maximum Gasteiger partial charge on any atom is 0.143 e. The number of aromatic nitrogens is 1. The average molecular weight is 285 g/mol. The van der Waals surface area contributed by atoms with E-state index in [2.05, 4.69) is 16.5 Å². The molecule has 0 atom stereocenters. The molecule has 0 saturated heterocycles. The summed E-state index contributed by atoms with van der Waals surface area (Å²) in [5.74, 6) is 8.09. The maximum atomic E-state index is 5.67. The summed E-state index contributed by atoms with van der Waals surface area (Å²) < 4.78 is 5.30. The van der Waals surface area contributed by atoms with Gasteiger partial charge in [-0.2, -0.15) is 0 Å². The van der Waals surface area contributed by atoms with Crippen molar-refractivity contribution in [1.82, 2.24) is 4.98 Å². The quantitative estimate of drug-likeness (QED) is 0.665. The highest BCUT2D eigenvalue weighted by molar-refractivity contribution is 5.83. The van der Waals surface area contributed by atoms with Crippen molar-refractivity contribution < 1.29 is 4.74 Å². The first-order valence-corrected chi connectivity index (χ1v) is 7.74. The van der Waals surface area contributed by atoms with Crippen molar-refractivity contribution in [3.05, 3.63) is 29.8 Å². The smallest absolute Gasteiger partial charge is 0.143 e. The summed E-state index contributed by atoms with van der Waals surface area (Å²) in [6.45, 7) is 0. The van der Waals surface area contributed by atoms with Gasteiger partial charge in [-0.1, -0.05) is 32.1 Å². The number of nitrogen functional groups attached to an aromatic ring is 1. The second-order valence-electron chi connectivity index (χ2n) is 5.91. The van der Waals surface area contributed by atoms with Gasteiger partial charge in [-0.05, 0) is 42.2 Å². The van der Waals surface area contributed by atoms with E-state index in [9.17, 15) is 0 Å². The van der Waals surface area contributed by atoms with E-state index in [4.69, 9.17) is 10.6 Å². The van der Waals surface area contributed by atoms with Crippen molar-refractivity contribution in [2.24, 2.45) is 11.8 Å². The number of methoxy groups -OCH3 is 1. The van der Waals surface area contributed by atoms with E-state index in [1.54, 1.807) is 7.11 Å². The van der Waals surface area contributed by atoms with Crippen molar-refractivity contribution in [2.75, 3.05) is 12.5 Å². The van der Waals surface area contributed by atoms with Crippen LogP contribution >= 0.6 is 0 Å². The van der Waals surface area contributed by atoms with Crippen LogP contribution in [0.5, 0.6) is 5.75 Å². The summed E-state index contributed by atoms with van der Waals surface area (Å²) in [4.78, 5) is 4.64. The van der Waals surface area contributed by atoms with Crippen LogP contribution in [0.25, 0.3) is 10.9 Å². The van der Waals surface area contributed by atoms with Gasteiger partial charge in [0, 0.05) is 5.39 Å². The van der Waals surface area contributed by atoms with Gasteiger partial charge >= 0.3 is 0 Å². The minimum atomic E-state index is 0.760. The number of hydrogen-bond donors (Lipinski definition) is 2. The Morgan fingerprint density at radius 2 is 2.05 bits per heavy atom. The van der Waals surface area contributed by atoms with Gasteiger partial charge in [-0.15, -0.1) is 0 Å². The minimum absolute atomic E-state index is 0.760. The van der Waals surface area contributed by atoms with Crippen molar-refractivity contribution in [3.8, 4) is 5.75 Å². The zero-order valence-electron chi connectivity index (χ0n) is 12.6. The third kappa shape index (κ3) is 3.10. The first-order chi connectivity index (χ1) is 10.3. The third-order valence-electron chi connectivity index (χ3n) is 4.47. The lowest BCUT2D eigenvalue weighted by atomic mass is 9.85. The molecule has 4 nitrogen and oxygen atoms in total. The molecule has 0 aliphatic heterocycles. The molecular weight excluding hydrogens is 262 g/mol. The Labute approximate surface area is 125 Å². The molecule has 1 fully saturated rings. The predicted octanol–water partition coefficient (Wildman–Crippen LogP) is 3.65. The molecule has 1 aromatic heterocycles. The Bertz CT molecular complexity index is 621. The van der Waals surface area contributed by atoms with E-state index in [1.165, 1.54) is 37.7 Å². The summed E-state index contributed by atoms with van der Waals surface area (Å²) in [5.41, 5.74) is 4.92. The van der Waals surface area contributed by atoms with E-state index < -0.39 is 0 Å². The molecule has 1 saturated carbocycles. The Morgan fingerprint density at radius 3 is 2.76 bits per heavy atom. The van der Waals surface area contributed by atoms with Gasteiger partial charge in [0.2, 0.25) is 0 Å². The largest absolute Gasteiger partial charge is 0.497 e. The third-order valence-corrected chi connectivity index (χ3v) is 4.47. The number of nitrogens with zero attached hydrogens (tertiary/aromatic N) is 1. The van der Waals surface area contributed by atoms with E-state index >= 15 is 0 Å². The monoisotopic (exact) mass is 285 g/mol. The second kappa shape index (κ2) is 6.31. The van der Waals surface area contributed by atoms with Crippen LogP contribution in [0.3, 0.4) is 0 Å². The molecule has 0 bridgehead atoms. The van der Waals surface area contributed by atoms with Crippen molar-refractivity contribution in [2.45, 2.75) is 38.5 Å². The lowest BCUT2D eigenvalue weighted by Gasteiger charge is -2.22. The highest BCUT2D eigenvalue weighted by Crippen LogP contribution is 2.30. The van der Waals surface area contributed by atoms with Gasteiger partial charge in [0.25, 0.3) is 0 Å². The number of anilines is 1. The van der Waals surface area contributed by atoms with Crippen LogP contribution in [0.2, 0.25) is 0 Å². The number of ether oxygens (including phenoxy) is 1. The summed E-state index contributed by atoms with van der Waals surface area (Å²) >= 11 is 0. The summed E-state index contributed by atoms with van der Waals surface area (Å²) in [5, 5.41) is 1.11. The molecule has 0 spiro atoms. The number of hydrogen-bond acceptors (Lipinski definition) is 4. The van der Waals surface area contributed by atoms with Crippen LogP contribution < -0.4 is 16.0 Å². The molecule has 21 heavy (non-hydrogen) atoms. The second-order valence-corrected chi connectivity index (χ2v) is 5.91. The fourth-order valence-corrected chi connectivity index (χ4v) is 3.31. The molecule has 0 radical (unpaired) electrons. The lowest BCUT2D eigenvalue weighted by molar-refractivity contribution is 0.357. The zero-order valence-corrected chi connectivity index (χ0v) is 12.6. The first-order valence-electron chi connectivity index (χ1n) is 7.74. The molecule has 1 heterocycles. The SMILES string of the molecule is COc1ccc2nc(NN)c(CC3CCCCC3)cc2c1. The van der Waals surface area contributed by atoms with Crippen molar-refractivity contribution in [3.63, 3.8) is 0 Å². The number of nitrogens with two attached hydrogens (primary N) is 1. The lowest BCUT2D eigenvalue weighted by Crippen LogP contribution is -2.15. The van der Waals surface area contributed by atoms with Gasteiger partial charge in [0.05, 0.1) is 12.6 Å². The van der Waals surface area contributed by atoms with Gasteiger partial charge in [-0.3, -0.25) is 0 Å². The number of nitrogens with one attached hydrogen (secondary N) is 1. The molecule has 112 valence electrons. The topological polar surface area (TPSA) is 60.2 Å². The fourth-order valence-electron chi connectivity index (χ4n) is 3.31. The first kappa shape index (κ1) is 14.1. The predicted molar refractivity (Wildman–Crippen MR) is 86.4 cm³/mol. The summed E-state index contributed by atoms with van der Waals surface area (Å²) in [6.07, 6.45) is 7.78. The molecule has 4 heteroatoms. The molecule has 1 aliphatic carbocycles. The van der Waals surface area contributed by atoms with Crippen molar-refractivity contribution in [1.29, 1.82) is 0 Å². The Kier molecular flexibility index (Phi) is 4.25. The number of fused-ring (bicyclic) bond motifs is 1. The number of pyridine rings is 1. The molecule has 3 N–H and O–H groups in total. The van der Waals surface area contributed by atoms with Gasteiger partial charge in [0.1, 0.15) is 11.6 Å². The number of benzene rings is 1. The molecule has 3 rings (SSSR count). The molecule has 1 aromatic carbocycles. The fraction of sp³-hybridized carbons (Fsp3) is 0.471. The van der Waals surface area contributed by atoms with Crippen LogP contribution in [0.4, 0.5) is 5.82 Å². The van der Waals surface area contributed by atoms with E-state index in [0.717, 1.165) is 34.8 Å². The van der Waals surface area contributed by atoms with Gasteiger partial charge in [-0.25, -0.2) is 10.8 Å². The maximum absolute atomic E-state index is 5.67. The highest BCUT2D eigenvalue weighted by Gasteiger charge is 2.16. The Hall–Kier alpha value is -1.81. The summed E-state index contributed by atoms with van der Waals surface area (Å²) in [6, 6.07) is 8.14. The normalized spacial score (nSPS) is 16.1. The molecule has 1 aliphatic rings. The standard InChI is InChI=1S/C17H23N3O/c1-21-15-7-8-16-13(11-15)10-14(17(19-16)20-18)9-12-5-3-2-4-6-12/h7-8,10-12H,2-6,9,18H2,1H3,(H,19,20). The summed E-state index contributed by atoms with van der Waals surface area (Å²) in [7, 11) is 1.69. The van der Waals surface area contributed by atoms with Crippen LogP contribution in [-0.4, -0.2) is 12.1 Å². The van der Waals surface area contributed by atoms with Crippen LogP contribution in [0.1, 0.15) is 37.7 Å². The minimum Gasteiger partial charge on any atom is -0.497 e. The van der Waals surface area contributed by atoms with E-state index in [-0.39, 0.29) is 0 Å². The number of rotatable bonds is 4. The van der Waals surface area contributed by atoms with Crippen LogP contribution in [-0.2, 0) is 6.42 Å². The zero-order chi connectivity index (χ0) is 14.7. The number of hydrazine groups is 1. The van der Waals surface area contributed by atoms with Crippen LogP contribution in [0, 0.1) is 5.92 Å². The highest BCUT2D eigenvalue weighted by atomic mass is 16.5. The Balaban J connectivity index is 1.94. The molecular formula is C17H23N3O. The molecule has 0 unspecified atom stereocenters. The van der Waals surface area contributed by atoms with Crippen LogP contribution in [0.15, 0.2) is 24.3 Å². The molecule has 0 amide bonds. The van der Waals surface area contributed by atoms with E-state index in [1.807, 2.05) is 18.2 Å².